The van der Waals surface area contributed by atoms with Crippen molar-refractivity contribution in [1.29, 1.82) is 0 Å². The standard InChI is InChI=1S/C11H18N2O/c1-9(2)7-13-8-10(6-12-3)4-5-11(13)14/h4-5,8-9,12H,6-7H2,1-3H3. The van der Waals surface area contributed by atoms with Gasteiger partial charge in [-0.25, -0.2) is 0 Å². The first-order valence-corrected chi connectivity index (χ1v) is 4.97. The number of aromatic nitrogens is 1. The fourth-order valence-electron chi connectivity index (χ4n) is 1.43. The maximum absolute atomic E-state index is 11.5. The van der Waals surface area contributed by atoms with Crippen LogP contribution in [0.4, 0.5) is 0 Å². The molecule has 0 unspecified atom stereocenters. The lowest BCUT2D eigenvalue weighted by atomic mass is 10.2. The number of hydrogen-bond donors (Lipinski definition) is 1. The summed E-state index contributed by atoms with van der Waals surface area (Å²) in [4.78, 5) is 11.5. The largest absolute Gasteiger partial charge is 0.316 e. The summed E-state index contributed by atoms with van der Waals surface area (Å²) in [6.07, 6.45) is 1.93. The molecule has 0 aliphatic rings. The minimum Gasteiger partial charge on any atom is -0.316 e. The smallest absolute Gasteiger partial charge is 0.250 e. The molecule has 1 N–H and O–H groups in total. The Morgan fingerprint density at radius 1 is 1.43 bits per heavy atom. The highest BCUT2D eigenvalue weighted by Gasteiger charge is 2.00. The van der Waals surface area contributed by atoms with E-state index in [1.54, 1.807) is 10.6 Å². The molecule has 1 heterocycles. The Kier molecular flexibility index (Phi) is 3.89. The van der Waals surface area contributed by atoms with E-state index in [1.165, 1.54) is 0 Å². The van der Waals surface area contributed by atoms with Crippen molar-refractivity contribution in [2.45, 2.75) is 26.9 Å². The zero-order valence-electron chi connectivity index (χ0n) is 9.08. The van der Waals surface area contributed by atoms with Gasteiger partial charge in [0.2, 0.25) is 0 Å². The van der Waals surface area contributed by atoms with Crippen LogP contribution in [-0.2, 0) is 13.1 Å². The Hall–Kier alpha value is -1.09. The van der Waals surface area contributed by atoms with Gasteiger partial charge in [-0.15, -0.1) is 0 Å². The predicted molar refractivity (Wildman–Crippen MR) is 58.3 cm³/mol. The molecule has 3 heteroatoms. The van der Waals surface area contributed by atoms with Crippen LogP contribution in [0.25, 0.3) is 0 Å². The highest BCUT2D eigenvalue weighted by molar-refractivity contribution is 5.09. The van der Waals surface area contributed by atoms with Crippen molar-refractivity contribution in [3.05, 3.63) is 34.2 Å². The molecule has 1 aromatic rings. The van der Waals surface area contributed by atoms with Gasteiger partial charge in [0.15, 0.2) is 0 Å². The molecule has 0 amide bonds. The molecule has 1 aromatic heterocycles. The van der Waals surface area contributed by atoms with E-state index in [0.717, 1.165) is 18.7 Å². The minimum atomic E-state index is 0.0820. The summed E-state index contributed by atoms with van der Waals surface area (Å²) in [5.41, 5.74) is 1.23. The Morgan fingerprint density at radius 2 is 2.14 bits per heavy atom. The van der Waals surface area contributed by atoms with Gasteiger partial charge in [0.25, 0.3) is 5.56 Å². The highest BCUT2D eigenvalue weighted by atomic mass is 16.1. The zero-order chi connectivity index (χ0) is 10.6. The fourth-order valence-corrected chi connectivity index (χ4v) is 1.43. The molecule has 0 saturated heterocycles. The van der Waals surface area contributed by atoms with E-state index < -0.39 is 0 Å². The van der Waals surface area contributed by atoms with Gasteiger partial charge < -0.3 is 9.88 Å². The maximum Gasteiger partial charge on any atom is 0.250 e. The summed E-state index contributed by atoms with van der Waals surface area (Å²) >= 11 is 0. The van der Waals surface area contributed by atoms with Crippen LogP contribution in [0.3, 0.4) is 0 Å². The van der Waals surface area contributed by atoms with Crippen LogP contribution >= 0.6 is 0 Å². The number of nitrogens with one attached hydrogen (secondary N) is 1. The number of hydrogen-bond acceptors (Lipinski definition) is 2. The van der Waals surface area contributed by atoms with E-state index in [2.05, 4.69) is 19.2 Å². The van der Waals surface area contributed by atoms with Crippen molar-refractivity contribution in [1.82, 2.24) is 9.88 Å². The number of rotatable bonds is 4. The zero-order valence-corrected chi connectivity index (χ0v) is 9.08. The van der Waals surface area contributed by atoms with E-state index >= 15 is 0 Å². The van der Waals surface area contributed by atoms with E-state index in [-0.39, 0.29) is 5.56 Å². The second-order valence-electron chi connectivity index (χ2n) is 3.95. The maximum atomic E-state index is 11.5. The normalized spacial score (nSPS) is 10.9. The first kappa shape index (κ1) is 11.0. The highest BCUT2D eigenvalue weighted by Crippen LogP contribution is 1.99. The number of nitrogens with zero attached hydrogens (tertiary/aromatic N) is 1. The molecule has 0 aliphatic heterocycles. The van der Waals surface area contributed by atoms with Crippen LogP contribution in [0.5, 0.6) is 0 Å². The Bertz CT molecular complexity index is 341. The van der Waals surface area contributed by atoms with E-state index in [0.29, 0.717) is 5.92 Å². The summed E-state index contributed by atoms with van der Waals surface area (Å²) in [7, 11) is 1.90. The Labute approximate surface area is 84.8 Å². The van der Waals surface area contributed by atoms with Gasteiger partial charge >= 0.3 is 0 Å². The predicted octanol–water partition coefficient (Wildman–Crippen LogP) is 1.22. The van der Waals surface area contributed by atoms with Crippen molar-refractivity contribution < 1.29 is 0 Å². The van der Waals surface area contributed by atoms with Crippen molar-refractivity contribution in [3.63, 3.8) is 0 Å². The quantitative estimate of drug-likeness (QED) is 0.782. The van der Waals surface area contributed by atoms with Crippen molar-refractivity contribution in [2.24, 2.45) is 5.92 Å². The van der Waals surface area contributed by atoms with Gasteiger partial charge in [0.05, 0.1) is 0 Å². The first-order chi connectivity index (χ1) is 6.63. The molecule has 0 bridgehead atoms. The van der Waals surface area contributed by atoms with Crippen molar-refractivity contribution in [2.75, 3.05) is 7.05 Å². The molecule has 78 valence electrons. The van der Waals surface area contributed by atoms with Crippen LogP contribution in [0.2, 0.25) is 0 Å². The molecule has 0 saturated carbocycles. The van der Waals surface area contributed by atoms with Gasteiger partial charge in [-0.05, 0) is 18.5 Å². The summed E-state index contributed by atoms with van der Waals surface area (Å²) in [5, 5.41) is 3.07. The topological polar surface area (TPSA) is 34.0 Å². The van der Waals surface area contributed by atoms with Crippen LogP contribution in [-0.4, -0.2) is 11.6 Å². The Balaban J connectivity index is 2.90. The van der Waals surface area contributed by atoms with Crippen molar-refractivity contribution >= 4 is 0 Å². The van der Waals surface area contributed by atoms with Gasteiger partial charge in [-0.3, -0.25) is 4.79 Å². The first-order valence-electron chi connectivity index (χ1n) is 4.97. The lowest BCUT2D eigenvalue weighted by Gasteiger charge is -2.10. The molecular weight excluding hydrogens is 176 g/mol. The van der Waals surface area contributed by atoms with Crippen LogP contribution in [0.1, 0.15) is 19.4 Å². The second kappa shape index (κ2) is 4.96. The third-order valence-corrected chi connectivity index (χ3v) is 1.99. The number of pyridine rings is 1. The van der Waals surface area contributed by atoms with Gasteiger partial charge in [-0.2, -0.15) is 0 Å². The lowest BCUT2D eigenvalue weighted by Crippen LogP contribution is -2.22. The fraction of sp³-hybridized carbons (Fsp3) is 0.545. The molecular formula is C11H18N2O. The van der Waals surface area contributed by atoms with Gasteiger partial charge in [0, 0.05) is 25.4 Å². The van der Waals surface area contributed by atoms with E-state index in [4.69, 9.17) is 0 Å². The Morgan fingerprint density at radius 3 is 2.71 bits per heavy atom. The van der Waals surface area contributed by atoms with Gasteiger partial charge in [-0.1, -0.05) is 19.9 Å². The second-order valence-corrected chi connectivity index (χ2v) is 3.95. The van der Waals surface area contributed by atoms with Crippen molar-refractivity contribution in [3.8, 4) is 0 Å². The van der Waals surface area contributed by atoms with E-state index in [1.807, 2.05) is 19.3 Å². The molecule has 14 heavy (non-hydrogen) atoms. The third kappa shape index (κ3) is 3.00. The molecule has 1 rings (SSSR count). The third-order valence-electron chi connectivity index (χ3n) is 1.99. The average molecular weight is 194 g/mol. The molecule has 0 aliphatic carbocycles. The average Bonchev–Trinajstić information content (AvgIpc) is 2.10. The minimum absolute atomic E-state index is 0.0820. The molecule has 3 nitrogen and oxygen atoms in total. The molecule has 0 spiro atoms. The lowest BCUT2D eigenvalue weighted by molar-refractivity contribution is 0.508. The van der Waals surface area contributed by atoms with Crippen LogP contribution < -0.4 is 10.9 Å². The summed E-state index contributed by atoms with van der Waals surface area (Å²) in [5.74, 6) is 0.498. The van der Waals surface area contributed by atoms with Crippen LogP contribution in [0, 0.1) is 5.92 Å². The SMILES string of the molecule is CNCc1ccc(=O)n(CC(C)C)c1. The van der Waals surface area contributed by atoms with E-state index in [9.17, 15) is 4.79 Å². The summed E-state index contributed by atoms with van der Waals surface area (Å²) in [6.45, 7) is 5.81. The molecule has 0 radical (unpaired) electrons. The van der Waals surface area contributed by atoms with Gasteiger partial charge in [0.1, 0.15) is 0 Å². The molecule has 0 atom stereocenters. The molecule has 0 fully saturated rings. The molecule has 0 aromatic carbocycles. The summed E-state index contributed by atoms with van der Waals surface area (Å²) in [6, 6.07) is 3.50. The van der Waals surface area contributed by atoms with Crippen LogP contribution in [0.15, 0.2) is 23.1 Å². The summed E-state index contributed by atoms with van der Waals surface area (Å²) < 4.78 is 1.78. The monoisotopic (exact) mass is 194 g/mol.